The summed E-state index contributed by atoms with van der Waals surface area (Å²) in [5.41, 5.74) is 2.78. The number of aromatic nitrogens is 1. The van der Waals surface area contributed by atoms with Crippen molar-refractivity contribution in [3.63, 3.8) is 0 Å². The number of halogens is 1. The van der Waals surface area contributed by atoms with Crippen molar-refractivity contribution in [3.05, 3.63) is 57.2 Å². The molecule has 5 rings (SSSR count). The van der Waals surface area contributed by atoms with Crippen LogP contribution < -0.4 is 20.0 Å². The average Bonchev–Trinajstić information content (AvgIpc) is 3.22. The molecule has 1 atom stereocenters. The molecular weight excluding hydrogens is 420 g/mol. The fourth-order valence-electron chi connectivity index (χ4n) is 5.00. The first-order valence-corrected chi connectivity index (χ1v) is 11.6. The van der Waals surface area contributed by atoms with E-state index in [-0.39, 0.29) is 16.9 Å². The van der Waals surface area contributed by atoms with E-state index in [4.69, 9.17) is 11.6 Å². The van der Waals surface area contributed by atoms with E-state index in [1.807, 2.05) is 47.0 Å². The number of carbonyl (C=O) groups excluding carboxylic acids is 1. The molecule has 156 valence electrons. The molecule has 0 bridgehead atoms. The van der Waals surface area contributed by atoms with Crippen molar-refractivity contribution in [2.45, 2.75) is 31.8 Å². The molecule has 1 saturated heterocycles. The van der Waals surface area contributed by atoms with E-state index >= 15 is 0 Å². The van der Waals surface area contributed by atoms with Gasteiger partial charge in [-0.15, -0.1) is 0 Å². The van der Waals surface area contributed by atoms with Crippen LogP contribution in [0.2, 0.25) is 5.02 Å². The summed E-state index contributed by atoms with van der Waals surface area (Å²) in [7, 11) is 0. The van der Waals surface area contributed by atoms with Gasteiger partial charge in [-0.25, -0.2) is 9.28 Å². The Hall–Kier alpha value is -2.19. The summed E-state index contributed by atoms with van der Waals surface area (Å²) in [4.78, 5) is 25.9. The lowest BCUT2D eigenvalue weighted by atomic mass is 10.00. The number of anilines is 1. The van der Waals surface area contributed by atoms with Gasteiger partial charge in [0.05, 0.1) is 16.8 Å². The molecule has 0 saturated carbocycles. The number of nitrogens with zero attached hydrogens (tertiary/aromatic N) is 2. The van der Waals surface area contributed by atoms with E-state index in [0.717, 1.165) is 53.9 Å². The Morgan fingerprint density at radius 1 is 1.13 bits per heavy atom. The standard InChI is InChI=1S/C22H23ClN4O2S/c23-15-6-7-19-17(14-15)25-21(28)27(19,16-8-10-24-11-9-16)13-3-12-26-18-4-1-2-5-20(18)30-22(26)29/h1-2,4-7,14,16,24H,3,8-13H2/p+1. The zero-order chi connectivity index (χ0) is 20.7. The number of carbonyl (C=O) groups is 1. The number of nitrogens with one attached hydrogen (secondary N) is 2. The third-order valence-corrected chi connectivity index (χ3v) is 7.59. The minimum Gasteiger partial charge on any atom is -0.316 e. The van der Waals surface area contributed by atoms with Crippen molar-refractivity contribution in [2.75, 3.05) is 25.0 Å². The molecule has 2 aliphatic rings. The van der Waals surface area contributed by atoms with Crippen molar-refractivity contribution < 1.29 is 4.79 Å². The molecule has 6 nitrogen and oxygen atoms in total. The van der Waals surface area contributed by atoms with Crippen molar-refractivity contribution in [1.29, 1.82) is 0 Å². The maximum absolute atomic E-state index is 13.4. The lowest BCUT2D eigenvalue weighted by Gasteiger charge is -2.40. The van der Waals surface area contributed by atoms with Crippen LogP contribution in [0.3, 0.4) is 0 Å². The summed E-state index contributed by atoms with van der Waals surface area (Å²) in [5, 5.41) is 7.10. The van der Waals surface area contributed by atoms with Gasteiger partial charge in [0.2, 0.25) is 0 Å². The summed E-state index contributed by atoms with van der Waals surface area (Å²) in [6.07, 6.45) is 2.62. The Balaban J connectivity index is 1.47. The summed E-state index contributed by atoms with van der Waals surface area (Å²) in [6, 6.07) is 13.8. The van der Waals surface area contributed by atoms with Crippen LogP contribution in [0.25, 0.3) is 10.2 Å². The predicted molar refractivity (Wildman–Crippen MR) is 124 cm³/mol. The molecule has 0 radical (unpaired) electrons. The highest BCUT2D eigenvalue weighted by molar-refractivity contribution is 7.16. The largest absolute Gasteiger partial charge is 0.426 e. The van der Waals surface area contributed by atoms with Crippen LogP contribution in [-0.4, -0.2) is 36.3 Å². The Labute approximate surface area is 183 Å². The minimum absolute atomic E-state index is 0.0155. The molecule has 8 heteroatoms. The highest BCUT2D eigenvalue weighted by Gasteiger charge is 2.52. The third kappa shape index (κ3) is 3.17. The van der Waals surface area contributed by atoms with Gasteiger partial charge >= 0.3 is 10.9 Å². The number of hydrogen-bond acceptors (Lipinski definition) is 4. The lowest BCUT2D eigenvalue weighted by molar-refractivity contribution is 0.174. The molecule has 1 fully saturated rings. The normalized spacial score (nSPS) is 21.7. The smallest absolute Gasteiger partial charge is 0.316 e. The second-order valence-electron chi connectivity index (χ2n) is 8.01. The highest BCUT2D eigenvalue weighted by Crippen LogP contribution is 2.44. The number of benzene rings is 2. The van der Waals surface area contributed by atoms with Crippen LogP contribution in [0.5, 0.6) is 0 Å². The minimum atomic E-state index is 0.0155. The Morgan fingerprint density at radius 3 is 2.77 bits per heavy atom. The van der Waals surface area contributed by atoms with Gasteiger partial charge in [0, 0.05) is 50.0 Å². The molecule has 0 aliphatic carbocycles. The van der Waals surface area contributed by atoms with Crippen LogP contribution in [0.4, 0.5) is 16.2 Å². The zero-order valence-electron chi connectivity index (χ0n) is 16.6. The van der Waals surface area contributed by atoms with E-state index < -0.39 is 0 Å². The number of amides is 2. The van der Waals surface area contributed by atoms with Gasteiger partial charge in [-0.05, 0) is 24.3 Å². The van der Waals surface area contributed by atoms with Gasteiger partial charge in [-0.3, -0.25) is 14.7 Å². The maximum Gasteiger partial charge on any atom is 0.426 e. The molecule has 1 aromatic heterocycles. The summed E-state index contributed by atoms with van der Waals surface area (Å²) < 4.78 is 3.14. The number of piperidine rings is 1. The fraction of sp³-hybridized carbons (Fsp3) is 0.364. The molecule has 1 unspecified atom stereocenters. The summed E-state index contributed by atoms with van der Waals surface area (Å²) in [5.74, 6) is 0. The van der Waals surface area contributed by atoms with Gasteiger partial charge < -0.3 is 5.32 Å². The molecule has 2 amide bonds. The van der Waals surface area contributed by atoms with E-state index in [2.05, 4.69) is 10.6 Å². The number of hydrogen-bond donors (Lipinski definition) is 2. The Morgan fingerprint density at radius 2 is 1.93 bits per heavy atom. The number of fused-ring (bicyclic) bond motifs is 2. The Kier molecular flexibility index (Phi) is 5.14. The number of quaternary nitrogens is 1. The molecule has 0 spiro atoms. The SMILES string of the molecule is O=C1Nc2cc(Cl)ccc2[N+]1(CCCn1c(=O)sc2ccccc21)C1CCNCC1. The second-order valence-corrected chi connectivity index (χ2v) is 9.44. The van der Waals surface area contributed by atoms with Crippen molar-refractivity contribution in [2.24, 2.45) is 0 Å². The molecule has 2 aliphatic heterocycles. The number of rotatable bonds is 5. The van der Waals surface area contributed by atoms with Crippen LogP contribution in [-0.2, 0) is 6.54 Å². The molecular formula is C22H24ClN4O2S+. The van der Waals surface area contributed by atoms with E-state index in [9.17, 15) is 9.59 Å². The predicted octanol–water partition coefficient (Wildman–Crippen LogP) is 4.41. The summed E-state index contributed by atoms with van der Waals surface area (Å²) >= 11 is 7.47. The Bertz CT molecular complexity index is 1170. The lowest BCUT2D eigenvalue weighted by Crippen LogP contribution is -2.62. The molecule has 3 aromatic rings. The van der Waals surface area contributed by atoms with E-state index in [0.29, 0.717) is 22.6 Å². The van der Waals surface area contributed by atoms with Crippen LogP contribution >= 0.6 is 22.9 Å². The van der Waals surface area contributed by atoms with Crippen molar-refractivity contribution >= 4 is 50.6 Å². The molecule has 3 heterocycles. The van der Waals surface area contributed by atoms with Crippen LogP contribution in [0.15, 0.2) is 47.3 Å². The number of thiazole rings is 1. The van der Waals surface area contributed by atoms with Crippen LogP contribution in [0.1, 0.15) is 19.3 Å². The van der Waals surface area contributed by atoms with Gasteiger partial charge in [0.15, 0.2) is 5.69 Å². The van der Waals surface area contributed by atoms with Crippen molar-refractivity contribution in [3.8, 4) is 0 Å². The van der Waals surface area contributed by atoms with Gasteiger partial charge in [-0.2, -0.15) is 0 Å². The van der Waals surface area contributed by atoms with Gasteiger partial charge in [0.1, 0.15) is 11.7 Å². The van der Waals surface area contributed by atoms with Crippen LogP contribution in [0, 0.1) is 0 Å². The fourth-order valence-corrected chi connectivity index (χ4v) is 6.09. The zero-order valence-corrected chi connectivity index (χ0v) is 18.1. The quantitative estimate of drug-likeness (QED) is 0.574. The van der Waals surface area contributed by atoms with Gasteiger partial charge in [0.25, 0.3) is 0 Å². The average molecular weight is 444 g/mol. The summed E-state index contributed by atoms with van der Waals surface area (Å²) in [6.45, 7) is 3.08. The van der Waals surface area contributed by atoms with E-state index in [1.54, 1.807) is 0 Å². The second kappa shape index (κ2) is 7.81. The maximum atomic E-state index is 13.4. The highest BCUT2D eigenvalue weighted by atomic mass is 35.5. The number of para-hydroxylation sites is 1. The third-order valence-electron chi connectivity index (χ3n) is 6.39. The van der Waals surface area contributed by atoms with Crippen molar-refractivity contribution in [1.82, 2.24) is 14.4 Å². The first-order chi connectivity index (χ1) is 14.6. The monoisotopic (exact) mass is 443 g/mol. The molecule has 2 N–H and O–H groups in total. The van der Waals surface area contributed by atoms with Gasteiger partial charge in [-0.1, -0.05) is 35.1 Å². The number of aryl methyl sites for hydroxylation is 1. The van der Waals surface area contributed by atoms with E-state index in [1.165, 1.54) is 11.3 Å². The topological polar surface area (TPSA) is 63.1 Å². The number of urea groups is 1. The first-order valence-electron chi connectivity index (χ1n) is 10.4. The molecule has 30 heavy (non-hydrogen) atoms. The molecule has 2 aromatic carbocycles. The first kappa shape index (κ1) is 19.8.